The maximum Gasteiger partial charge on any atom is 0.263 e. The Kier molecular flexibility index (Phi) is 3.93. The summed E-state index contributed by atoms with van der Waals surface area (Å²) in [4.78, 5) is 3.95. The van der Waals surface area contributed by atoms with Crippen LogP contribution >= 0.6 is 11.6 Å². The molecule has 5 nitrogen and oxygen atoms in total. The van der Waals surface area contributed by atoms with Crippen molar-refractivity contribution < 1.29 is 8.42 Å². The minimum atomic E-state index is -3.74. The predicted molar refractivity (Wildman–Crippen MR) is 75.9 cm³/mol. The van der Waals surface area contributed by atoms with Crippen LogP contribution in [-0.4, -0.2) is 13.4 Å². The lowest BCUT2D eigenvalue weighted by molar-refractivity contribution is 0.601. The summed E-state index contributed by atoms with van der Waals surface area (Å²) in [5.74, 6) is 0.177. The largest absolute Gasteiger partial charge is 0.263 e. The molecule has 0 radical (unpaired) electrons. The monoisotopic (exact) mass is 307 g/mol. The van der Waals surface area contributed by atoms with Crippen LogP contribution in [0.25, 0.3) is 0 Å². The third-order valence-corrected chi connectivity index (χ3v) is 4.17. The summed E-state index contributed by atoms with van der Waals surface area (Å²) in [6.45, 7) is 1.68. The molecule has 0 amide bonds. The van der Waals surface area contributed by atoms with Crippen molar-refractivity contribution in [2.75, 3.05) is 4.72 Å². The summed E-state index contributed by atoms with van der Waals surface area (Å²) < 4.78 is 26.7. The third kappa shape index (κ3) is 3.07. The summed E-state index contributed by atoms with van der Waals surface area (Å²) in [5, 5.41) is 9.25. The topological polar surface area (TPSA) is 82.8 Å². The van der Waals surface area contributed by atoms with Crippen molar-refractivity contribution in [2.24, 2.45) is 0 Å². The molecule has 0 atom stereocenters. The van der Waals surface area contributed by atoms with E-state index in [4.69, 9.17) is 16.9 Å². The lowest BCUT2D eigenvalue weighted by Crippen LogP contribution is -2.14. The molecule has 20 heavy (non-hydrogen) atoms. The number of hydrogen-bond acceptors (Lipinski definition) is 4. The van der Waals surface area contributed by atoms with Gasteiger partial charge in [0, 0.05) is 6.20 Å². The smallest absolute Gasteiger partial charge is 0.263 e. The van der Waals surface area contributed by atoms with Crippen LogP contribution in [0, 0.1) is 18.3 Å². The number of nitrogens with one attached hydrogen (secondary N) is 1. The molecule has 1 aromatic heterocycles. The number of rotatable bonds is 3. The summed E-state index contributed by atoms with van der Waals surface area (Å²) in [5.41, 5.74) is 1.04. The Bertz CT molecular complexity index is 780. The standard InChI is InChI=1S/C13H10ClN3O2S/c1-9-6-12(4-2-10(9)7-15)20(18,19)17-13-5-3-11(14)8-16-13/h2-6,8H,1H3,(H,16,17). The number of halogens is 1. The minimum absolute atomic E-state index is 0.0748. The van der Waals surface area contributed by atoms with Gasteiger partial charge < -0.3 is 0 Å². The zero-order valence-corrected chi connectivity index (χ0v) is 12.0. The van der Waals surface area contributed by atoms with Gasteiger partial charge in [-0.05, 0) is 42.8 Å². The molecule has 0 fully saturated rings. The summed E-state index contributed by atoms with van der Waals surface area (Å²) >= 11 is 5.68. The Hall–Kier alpha value is -2.10. The van der Waals surface area contributed by atoms with Crippen LogP contribution in [0.15, 0.2) is 41.4 Å². The molecule has 0 aliphatic carbocycles. The van der Waals surface area contributed by atoms with Gasteiger partial charge in [-0.1, -0.05) is 11.6 Å². The van der Waals surface area contributed by atoms with E-state index in [0.717, 1.165) is 0 Å². The average molecular weight is 308 g/mol. The van der Waals surface area contributed by atoms with Gasteiger partial charge >= 0.3 is 0 Å². The van der Waals surface area contributed by atoms with Gasteiger partial charge in [0.1, 0.15) is 5.82 Å². The lowest BCUT2D eigenvalue weighted by Gasteiger charge is -2.08. The molecule has 0 bridgehead atoms. The fourth-order valence-corrected chi connectivity index (χ4v) is 2.77. The molecule has 1 heterocycles. The highest BCUT2D eigenvalue weighted by atomic mass is 35.5. The summed E-state index contributed by atoms with van der Waals surface area (Å²) in [6, 6.07) is 9.29. The fourth-order valence-electron chi connectivity index (χ4n) is 1.56. The zero-order chi connectivity index (χ0) is 14.8. The quantitative estimate of drug-likeness (QED) is 0.945. The van der Waals surface area contributed by atoms with Crippen LogP contribution in [0.1, 0.15) is 11.1 Å². The Morgan fingerprint density at radius 2 is 2.05 bits per heavy atom. The Morgan fingerprint density at radius 1 is 1.30 bits per heavy atom. The highest BCUT2D eigenvalue weighted by Gasteiger charge is 2.15. The number of aryl methyl sites for hydroxylation is 1. The van der Waals surface area contributed by atoms with Gasteiger partial charge in [-0.15, -0.1) is 0 Å². The number of benzene rings is 1. The Morgan fingerprint density at radius 3 is 2.60 bits per heavy atom. The van der Waals surface area contributed by atoms with E-state index in [1.54, 1.807) is 6.92 Å². The molecule has 0 spiro atoms. The number of aromatic nitrogens is 1. The Balaban J connectivity index is 2.33. The number of nitriles is 1. The highest BCUT2D eigenvalue weighted by Crippen LogP contribution is 2.18. The number of pyridine rings is 1. The van der Waals surface area contributed by atoms with Gasteiger partial charge in [-0.25, -0.2) is 13.4 Å². The van der Waals surface area contributed by atoms with E-state index in [1.807, 2.05) is 6.07 Å². The summed E-state index contributed by atoms with van der Waals surface area (Å²) in [7, 11) is -3.74. The lowest BCUT2D eigenvalue weighted by atomic mass is 10.1. The van der Waals surface area contributed by atoms with Crippen molar-refractivity contribution in [3.63, 3.8) is 0 Å². The van der Waals surface area contributed by atoms with Crippen LogP contribution in [0.2, 0.25) is 5.02 Å². The summed E-state index contributed by atoms with van der Waals surface area (Å²) in [6.07, 6.45) is 1.35. The molecular weight excluding hydrogens is 298 g/mol. The second-order valence-corrected chi connectivity index (χ2v) is 6.17. The van der Waals surface area contributed by atoms with Gasteiger partial charge in [0.25, 0.3) is 10.0 Å². The van der Waals surface area contributed by atoms with E-state index in [9.17, 15) is 8.42 Å². The fraction of sp³-hybridized carbons (Fsp3) is 0.0769. The molecule has 1 N–H and O–H groups in total. The molecular formula is C13H10ClN3O2S. The van der Waals surface area contributed by atoms with Crippen molar-refractivity contribution in [3.05, 3.63) is 52.7 Å². The SMILES string of the molecule is Cc1cc(S(=O)(=O)Nc2ccc(Cl)cn2)ccc1C#N. The molecule has 0 saturated carbocycles. The van der Waals surface area contributed by atoms with E-state index in [-0.39, 0.29) is 10.7 Å². The molecule has 1 aromatic carbocycles. The van der Waals surface area contributed by atoms with Gasteiger partial charge in [-0.2, -0.15) is 5.26 Å². The first-order valence-corrected chi connectivity index (χ1v) is 7.43. The van der Waals surface area contributed by atoms with Gasteiger partial charge in [-0.3, -0.25) is 4.72 Å². The molecule has 0 saturated heterocycles. The zero-order valence-electron chi connectivity index (χ0n) is 10.5. The first-order valence-electron chi connectivity index (χ1n) is 5.57. The first-order chi connectivity index (χ1) is 9.42. The number of hydrogen-bond donors (Lipinski definition) is 1. The Labute approximate surface area is 121 Å². The van der Waals surface area contributed by atoms with Crippen LogP contribution < -0.4 is 4.72 Å². The highest BCUT2D eigenvalue weighted by molar-refractivity contribution is 7.92. The van der Waals surface area contributed by atoms with E-state index >= 15 is 0 Å². The van der Waals surface area contributed by atoms with Crippen LogP contribution in [0.5, 0.6) is 0 Å². The maximum atomic E-state index is 12.2. The second kappa shape index (κ2) is 5.49. The average Bonchev–Trinajstić information content (AvgIpc) is 2.41. The first kappa shape index (κ1) is 14.3. The van der Waals surface area contributed by atoms with Gasteiger partial charge in [0.2, 0.25) is 0 Å². The van der Waals surface area contributed by atoms with Crippen LogP contribution in [0.4, 0.5) is 5.82 Å². The van der Waals surface area contributed by atoms with E-state index in [0.29, 0.717) is 16.1 Å². The molecule has 2 rings (SSSR count). The van der Waals surface area contributed by atoms with Crippen molar-refractivity contribution in [1.82, 2.24) is 4.98 Å². The predicted octanol–water partition coefficient (Wildman–Crippen LogP) is 2.72. The minimum Gasteiger partial charge on any atom is -0.263 e. The van der Waals surface area contributed by atoms with E-state index in [1.165, 1.54) is 36.5 Å². The number of sulfonamides is 1. The molecule has 102 valence electrons. The normalized spacial score (nSPS) is 10.8. The second-order valence-electron chi connectivity index (χ2n) is 4.06. The van der Waals surface area contributed by atoms with Crippen molar-refractivity contribution in [1.29, 1.82) is 5.26 Å². The number of anilines is 1. The molecule has 2 aromatic rings. The van der Waals surface area contributed by atoms with Crippen molar-refractivity contribution in [2.45, 2.75) is 11.8 Å². The molecule has 0 aliphatic heterocycles. The molecule has 0 unspecified atom stereocenters. The van der Waals surface area contributed by atoms with Crippen LogP contribution in [0.3, 0.4) is 0 Å². The van der Waals surface area contributed by atoms with Gasteiger partial charge in [0.15, 0.2) is 0 Å². The van der Waals surface area contributed by atoms with E-state index in [2.05, 4.69) is 9.71 Å². The molecule has 7 heteroatoms. The van der Waals surface area contributed by atoms with Crippen LogP contribution in [-0.2, 0) is 10.0 Å². The van der Waals surface area contributed by atoms with Crippen molar-refractivity contribution >= 4 is 27.4 Å². The molecule has 0 aliphatic rings. The third-order valence-electron chi connectivity index (χ3n) is 2.59. The van der Waals surface area contributed by atoms with Crippen molar-refractivity contribution in [3.8, 4) is 6.07 Å². The van der Waals surface area contributed by atoms with E-state index < -0.39 is 10.0 Å². The van der Waals surface area contributed by atoms with Gasteiger partial charge in [0.05, 0.1) is 21.6 Å². The number of nitrogens with zero attached hydrogens (tertiary/aromatic N) is 2. The maximum absolute atomic E-state index is 12.2.